The molecule has 0 aliphatic heterocycles. The van der Waals surface area contributed by atoms with Crippen LogP contribution in [-0.4, -0.2) is 22.0 Å². The van der Waals surface area contributed by atoms with Crippen LogP contribution < -0.4 is 5.32 Å². The normalized spacial score (nSPS) is 10.2. The quantitative estimate of drug-likeness (QED) is 0.663. The zero-order valence-electron chi connectivity index (χ0n) is 11.2. The van der Waals surface area contributed by atoms with Crippen LogP contribution in [0, 0.1) is 6.92 Å². The number of alkyl halides is 1. The van der Waals surface area contributed by atoms with Crippen LogP contribution in [0.3, 0.4) is 0 Å². The number of amides is 1. The highest BCUT2D eigenvalue weighted by molar-refractivity contribution is 9.09. The summed E-state index contributed by atoms with van der Waals surface area (Å²) in [6, 6.07) is 8.43. The lowest BCUT2D eigenvalue weighted by atomic mass is 10.0. The van der Waals surface area contributed by atoms with Gasteiger partial charge in [-0.25, -0.2) is 0 Å². The highest BCUT2D eigenvalue weighted by Crippen LogP contribution is 2.24. The van der Waals surface area contributed by atoms with Gasteiger partial charge >= 0.3 is 0 Å². The lowest BCUT2D eigenvalue weighted by Crippen LogP contribution is -2.16. The number of rotatable bonds is 4. The predicted octanol–water partition coefficient (Wildman–Crippen LogP) is 3.61. The van der Waals surface area contributed by atoms with E-state index in [0.717, 1.165) is 0 Å². The first-order chi connectivity index (χ1) is 10.0. The number of nitrogens with zero attached hydrogens (tertiary/aromatic N) is 1. The van der Waals surface area contributed by atoms with E-state index < -0.39 is 0 Å². The van der Waals surface area contributed by atoms with E-state index in [1.807, 2.05) is 0 Å². The average molecular weight is 368 g/mol. The molecule has 0 aliphatic rings. The largest absolute Gasteiger partial charge is 0.325 e. The van der Waals surface area contributed by atoms with Gasteiger partial charge in [-0.15, -0.1) is 0 Å². The molecule has 1 N–H and O–H groups in total. The first-order valence-electron chi connectivity index (χ1n) is 6.14. The van der Waals surface area contributed by atoms with Crippen LogP contribution in [0.4, 0.5) is 5.69 Å². The van der Waals surface area contributed by atoms with Crippen LogP contribution in [0.5, 0.6) is 0 Å². The molecule has 0 spiro atoms. The molecule has 0 bridgehead atoms. The van der Waals surface area contributed by atoms with E-state index in [0.29, 0.717) is 27.5 Å². The van der Waals surface area contributed by atoms with Gasteiger partial charge in [-0.1, -0.05) is 39.7 Å². The zero-order valence-corrected chi connectivity index (χ0v) is 13.5. The molecule has 0 unspecified atom stereocenters. The minimum Gasteiger partial charge on any atom is -0.325 e. The molecule has 0 fully saturated rings. The number of anilines is 1. The fraction of sp³-hybridized carbons (Fsp3) is 0.133. The Morgan fingerprint density at radius 1 is 1.29 bits per heavy atom. The minimum absolute atomic E-state index is 0.147. The van der Waals surface area contributed by atoms with Crippen molar-refractivity contribution >= 4 is 44.9 Å². The van der Waals surface area contributed by atoms with Crippen LogP contribution in [-0.2, 0) is 4.79 Å². The van der Waals surface area contributed by atoms with Gasteiger partial charge in [0.1, 0.15) is 0 Å². The molecule has 0 radical (unpaired) electrons. The van der Waals surface area contributed by atoms with Gasteiger partial charge in [0.2, 0.25) is 5.91 Å². The summed E-state index contributed by atoms with van der Waals surface area (Å²) in [5, 5.41) is 3.19. The Labute approximate surface area is 135 Å². The Hall–Kier alpha value is -1.72. The molecule has 0 saturated heterocycles. The molecule has 2 aromatic rings. The maximum atomic E-state index is 12.6. The average Bonchev–Trinajstić information content (AvgIpc) is 2.47. The molecule has 6 heteroatoms. The van der Waals surface area contributed by atoms with Gasteiger partial charge < -0.3 is 5.32 Å². The molecule has 1 amide bonds. The Balaban J connectivity index is 2.46. The highest BCUT2D eigenvalue weighted by atomic mass is 79.9. The summed E-state index contributed by atoms with van der Waals surface area (Å²) < 4.78 is 0. The molecule has 4 nitrogen and oxygen atoms in total. The fourth-order valence-electron chi connectivity index (χ4n) is 1.82. The molecule has 0 aliphatic carbocycles. The summed E-state index contributed by atoms with van der Waals surface area (Å²) in [5.41, 5.74) is 1.81. The van der Waals surface area contributed by atoms with Gasteiger partial charge in [0.15, 0.2) is 5.78 Å². The third-order valence-electron chi connectivity index (χ3n) is 2.80. The molecule has 1 heterocycles. The summed E-state index contributed by atoms with van der Waals surface area (Å²) >= 11 is 9.12. The minimum atomic E-state index is -0.280. The van der Waals surface area contributed by atoms with Crippen LogP contribution in [0.25, 0.3) is 0 Å². The lowest BCUT2D eigenvalue weighted by molar-refractivity contribution is -0.113. The molecule has 1 aromatic heterocycles. The third-order valence-corrected chi connectivity index (χ3v) is 3.64. The van der Waals surface area contributed by atoms with Gasteiger partial charge in [-0.2, -0.15) is 0 Å². The van der Waals surface area contributed by atoms with E-state index in [9.17, 15) is 9.59 Å². The Morgan fingerprint density at radius 2 is 2.00 bits per heavy atom. The maximum absolute atomic E-state index is 12.6. The van der Waals surface area contributed by atoms with Gasteiger partial charge in [-0.05, 0) is 25.1 Å². The van der Waals surface area contributed by atoms with Crippen molar-refractivity contribution in [3.8, 4) is 0 Å². The van der Waals surface area contributed by atoms with E-state index >= 15 is 0 Å². The van der Waals surface area contributed by atoms with Crippen molar-refractivity contribution in [2.45, 2.75) is 6.92 Å². The summed E-state index contributed by atoms with van der Waals surface area (Å²) in [6.45, 7) is 1.79. The van der Waals surface area contributed by atoms with Crippen LogP contribution in [0.15, 0.2) is 36.5 Å². The molecular formula is C15H12BrClN2O2. The number of halogens is 2. The second-order valence-electron chi connectivity index (χ2n) is 4.36. The van der Waals surface area contributed by atoms with Crippen molar-refractivity contribution in [2.24, 2.45) is 0 Å². The van der Waals surface area contributed by atoms with Gasteiger partial charge in [0.25, 0.3) is 0 Å². The summed E-state index contributed by atoms with van der Waals surface area (Å²) in [6.07, 6.45) is 1.45. The second kappa shape index (κ2) is 6.83. The highest BCUT2D eigenvalue weighted by Gasteiger charge is 2.18. The molecule has 0 saturated carbocycles. The van der Waals surface area contributed by atoms with Crippen molar-refractivity contribution in [3.63, 3.8) is 0 Å². The lowest BCUT2D eigenvalue weighted by Gasteiger charge is -2.11. The zero-order chi connectivity index (χ0) is 15.4. The fourth-order valence-corrected chi connectivity index (χ4v) is 2.18. The number of hydrogen-bond acceptors (Lipinski definition) is 3. The van der Waals surface area contributed by atoms with Gasteiger partial charge in [0, 0.05) is 17.5 Å². The van der Waals surface area contributed by atoms with Gasteiger partial charge in [0.05, 0.1) is 21.6 Å². The topological polar surface area (TPSA) is 59.1 Å². The number of aryl methyl sites for hydroxylation is 1. The van der Waals surface area contributed by atoms with Crippen LogP contribution in [0.2, 0.25) is 5.02 Å². The van der Waals surface area contributed by atoms with E-state index in [1.165, 1.54) is 6.20 Å². The van der Waals surface area contributed by atoms with E-state index in [-0.39, 0.29) is 17.0 Å². The van der Waals surface area contributed by atoms with Crippen molar-refractivity contribution in [1.82, 2.24) is 4.98 Å². The van der Waals surface area contributed by atoms with Crippen LogP contribution in [0.1, 0.15) is 21.6 Å². The first kappa shape index (κ1) is 15.7. The third kappa shape index (κ3) is 3.68. The van der Waals surface area contributed by atoms with Crippen molar-refractivity contribution in [2.75, 3.05) is 10.6 Å². The smallest absolute Gasteiger partial charge is 0.235 e. The number of ketones is 1. The van der Waals surface area contributed by atoms with Crippen molar-refractivity contribution < 1.29 is 9.59 Å². The first-order valence-corrected chi connectivity index (χ1v) is 7.64. The maximum Gasteiger partial charge on any atom is 0.235 e. The Bertz CT molecular complexity index is 704. The summed E-state index contributed by atoms with van der Waals surface area (Å²) in [5.74, 6) is -0.521. The molecular weight excluding hydrogens is 356 g/mol. The van der Waals surface area contributed by atoms with E-state index in [1.54, 1.807) is 37.3 Å². The number of carbonyl (C=O) groups excluding carboxylic acids is 2. The number of aromatic nitrogens is 1. The van der Waals surface area contributed by atoms with E-state index in [2.05, 4.69) is 26.2 Å². The van der Waals surface area contributed by atoms with Crippen molar-refractivity contribution in [1.29, 1.82) is 0 Å². The Kier molecular flexibility index (Phi) is 5.09. The molecule has 2 rings (SSSR count). The molecule has 108 valence electrons. The number of benzene rings is 1. The van der Waals surface area contributed by atoms with Crippen LogP contribution >= 0.6 is 27.5 Å². The number of nitrogens with one attached hydrogen (secondary N) is 1. The standard InChI is InChI=1S/C15H12BrClN2O2/c1-9-6-13(19-14(20)7-16)11(8-18-9)15(21)10-4-2-3-5-12(10)17/h2-6,8H,7H2,1H3,(H,18,19,20). The SMILES string of the molecule is Cc1cc(NC(=O)CBr)c(C(=O)c2ccccc2Cl)cn1. The van der Waals surface area contributed by atoms with E-state index in [4.69, 9.17) is 11.6 Å². The predicted molar refractivity (Wildman–Crippen MR) is 86.3 cm³/mol. The second-order valence-corrected chi connectivity index (χ2v) is 5.33. The monoisotopic (exact) mass is 366 g/mol. The summed E-state index contributed by atoms with van der Waals surface area (Å²) in [7, 11) is 0. The Morgan fingerprint density at radius 3 is 2.67 bits per heavy atom. The summed E-state index contributed by atoms with van der Waals surface area (Å²) in [4.78, 5) is 28.3. The number of pyridine rings is 1. The van der Waals surface area contributed by atoms with Crippen molar-refractivity contribution in [3.05, 3.63) is 58.4 Å². The van der Waals surface area contributed by atoms with Gasteiger partial charge in [-0.3, -0.25) is 14.6 Å². The number of carbonyl (C=O) groups is 2. The number of hydrogen-bond donors (Lipinski definition) is 1. The molecule has 0 atom stereocenters. The molecule has 21 heavy (non-hydrogen) atoms. The molecule has 1 aromatic carbocycles.